The van der Waals surface area contributed by atoms with Crippen LogP contribution < -0.4 is 5.73 Å². The van der Waals surface area contributed by atoms with Crippen LogP contribution in [0.5, 0.6) is 0 Å². The van der Waals surface area contributed by atoms with E-state index < -0.39 is 0 Å². The first-order valence-electron chi connectivity index (χ1n) is 7.01. The molecule has 21 heavy (non-hydrogen) atoms. The monoisotopic (exact) mass is 348 g/mol. The first-order chi connectivity index (χ1) is 10.2. The largest absolute Gasteiger partial charge is 0.333 e. The molecule has 1 aliphatic rings. The van der Waals surface area contributed by atoms with Crippen LogP contribution >= 0.6 is 15.9 Å². The van der Waals surface area contributed by atoms with Crippen molar-refractivity contribution in [2.75, 3.05) is 13.1 Å². The molecule has 2 aromatic rings. The lowest BCUT2D eigenvalue weighted by atomic mass is 10.2. The first kappa shape index (κ1) is 14.3. The normalized spacial score (nSPS) is 18.2. The lowest BCUT2D eigenvalue weighted by Crippen LogP contribution is -2.40. The summed E-state index contributed by atoms with van der Waals surface area (Å²) in [5.41, 5.74) is 7.11. The molecule has 1 unspecified atom stereocenters. The third-order valence-electron chi connectivity index (χ3n) is 3.79. The van der Waals surface area contributed by atoms with Crippen molar-refractivity contribution in [2.45, 2.75) is 18.9 Å². The number of benzene rings is 1. The molecule has 0 saturated carbocycles. The quantitative estimate of drug-likeness (QED) is 0.924. The molecule has 1 aromatic carbocycles. The summed E-state index contributed by atoms with van der Waals surface area (Å²) >= 11 is 3.44. The van der Waals surface area contributed by atoms with Crippen molar-refractivity contribution in [2.24, 2.45) is 5.73 Å². The maximum absolute atomic E-state index is 12.5. The predicted octanol–water partition coefficient (Wildman–Crippen LogP) is 2.20. The first-order valence-corrected chi connectivity index (χ1v) is 7.81. The van der Waals surface area contributed by atoms with Gasteiger partial charge in [0.05, 0.1) is 5.69 Å². The second-order valence-corrected chi connectivity index (χ2v) is 6.07. The van der Waals surface area contributed by atoms with Gasteiger partial charge in [0.25, 0.3) is 5.91 Å². The lowest BCUT2D eigenvalue weighted by Gasteiger charge is -2.22. The van der Waals surface area contributed by atoms with Crippen molar-refractivity contribution < 1.29 is 4.79 Å². The predicted molar refractivity (Wildman–Crippen MR) is 84.4 cm³/mol. The van der Waals surface area contributed by atoms with E-state index in [1.807, 2.05) is 35.4 Å². The zero-order valence-electron chi connectivity index (χ0n) is 11.6. The van der Waals surface area contributed by atoms with Crippen LogP contribution in [0, 0.1) is 0 Å². The summed E-state index contributed by atoms with van der Waals surface area (Å²) in [5, 5.41) is 4.40. The Balaban J connectivity index is 1.83. The Labute approximate surface area is 131 Å². The molecule has 0 bridgehead atoms. The van der Waals surface area contributed by atoms with Gasteiger partial charge in [0, 0.05) is 29.8 Å². The van der Waals surface area contributed by atoms with Gasteiger partial charge in [-0.15, -0.1) is 0 Å². The Hall–Kier alpha value is -1.66. The van der Waals surface area contributed by atoms with Gasteiger partial charge in [-0.25, -0.2) is 4.68 Å². The van der Waals surface area contributed by atoms with Crippen molar-refractivity contribution >= 4 is 21.8 Å². The highest BCUT2D eigenvalue weighted by molar-refractivity contribution is 9.10. The minimum Gasteiger partial charge on any atom is -0.333 e. The number of nitrogens with zero attached hydrogens (tertiary/aromatic N) is 3. The van der Waals surface area contributed by atoms with E-state index in [2.05, 4.69) is 21.0 Å². The highest BCUT2D eigenvalue weighted by atomic mass is 79.9. The second-order valence-electron chi connectivity index (χ2n) is 5.16. The zero-order chi connectivity index (χ0) is 14.8. The number of nitrogens with two attached hydrogens (primary N) is 1. The SMILES string of the molecule is NCC1CCCN1C(=O)c1ccn(-c2cccc(Br)c2)n1. The molecule has 3 rings (SSSR count). The van der Waals surface area contributed by atoms with E-state index in [-0.39, 0.29) is 11.9 Å². The third-order valence-corrected chi connectivity index (χ3v) is 4.28. The molecule has 2 N–H and O–H groups in total. The number of aromatic nitrogens is 2. The number of halogens is 1. The van der Waals surface area contributed by atoms with Crippen LogP contribution in [-0.2, 0) is 0 Å². The van der Waals surface area contributed by atoms with Gasteiger partial charge < -0.3 is 10.6 Å². The average molecular weight is 349 g/mol. The fourth-order valence-corrected chi connectivity index (χ4v) is 3.08. The molecule has 1 atom stereocenters. The molecule has 1 aromatic heterocycles. The van der Waals surface area contributed by atoms with Gasteiger partial charge >= 0.3 is 0 Å². The van der Waals surface area contributed by atoms with Gasteiger partial charge in [0.1, 0.15) is 0 Å². The van der Waals surface area contributed by atoms with Crippen LogP contribution in [0.4, 0.5) is 0 Å². The summed E-state index contributed by atoms with van der Waals surface area (Å²) in [6.07, 6.45) is 3.80. The molecule has 5 nitrogen and oxygen atoms in total. The Bertz CT molecular complexity index is 655. The van der Waals surface area contributed by atoms with Gasteiger partial charge in [0.2, 0.25) is 0 Å². The maximum atomic E-state index is 12.5. The van der Waals surface area contributed by atoms with Crippen LogP contribution in [0.15, 0.2) is 41.0 Å². The molecule has 0 spiro atoms. The summed E-state index contributed by atoms with van der Waals surface area (Å²) in [7, 11) is 0. The van der Waals surface area contributed by atoms with E-state index in [1.54, 1.807) is 10.7 Å². The summed E-state index contributed by atoms with van der Waals surface area (Å²) in [5.74, 6) is -0.0308. The molecule has 1 amide bonds. The van der Waals surface area contributed by atoms with E-state index in [0.29, 0.717) is 12.2 Å². The standard InChI is InChI=1S/C15H17BrN4O/c16-11-3-1-4-12(9-11)20-8-6-14(18-20)15(21)19-7-2-5-13(19)10-17/h1,3-4,6,8-9,13H,2,5,7,10,17H2. The van der Waals surface area contributed by atoms with Crippen LogP contribution in [0.1, 0.15) is 23.3 Å². The number of hydrogen-bond donors (Lipinski definition) is 1. The van der Waals surface area contributed by atoms with Crippen molar-refractivity contribution in [1.29, 1.82) is 0 Å². The van der Waals surface area contributed by atoms with Crippen LogP contribution in [0.25, 0.3) is 5.69 Å². The number of hydrogen-bond acceptors (Lipinski definition) is 3. The van der Waals surface area contributed by atoms with Crippen molar-refractivity contribution in [1.82, 2.24) is 14.7 Å². The fraction of sp³-hybridized carbons (Fsp3) is 0.333. The minimum absolute atomic E-state index is 0.0308. The highest BCUT2D eigenvalue weighted by Gasteiger charge is 2.29. The van der Waals surface area contributed by atoms with E-state index in [1.165, 1.54) is 0 Å². The number of carbonyl (C=O) groups excluding carboxylic acids is 1. The Kier molecular flexibility index (Phi) is 4.07. The van der Waals surface area contributed by atoms with Crippen LogP contribution in [0.2, 0.25) is 0 Å². The third kappa shape index (κ3) is 2.87. The van der Waals surface area contributed by atoms with Gasteiger partial charge in [-0.3, -0.25) is 4.79 Å². The summed E-state index contributed by atoms with van der Waals surface area (Å²) in [6, 6.07) is 9.70. The molecule has 1 fully saturated rings. The molecule has 1 aliphatic heterocycles. The number of amides is 1. The number of rotatable bonds is 3. The fourth-order valence-electron chi connectivity index (χ4n) is 2.70. The summed E-state index contributed by atoms with van der Waals surface area (Å²) in [6.45, 7) is 1.28. The molecule has 110 valence electrons. The van der Waals surface area contributed by atoms with E-state index in [4.69, 9.17) is 5.73 Å². The topological polar surface area (TPSA) is 64.2 Å². The summed E-state index contributed by atoms with van der Waals surface area (Å²) in [4.78, 5) is 14.4. The van der Waals surface area contributed by atoms with Crippen molar-refractivity contribution in [3.63, 3.8) is 0 Å². The highest BCUT2D eigenvalue weighted by Crippen LogP contribution is 2.20. The molecule has 6 heteroatoms. The molecular weight excluding hydrogens is 332 g/mol. The van der Waals surface area contributed by atoms with E-state index in [0.717, 1.165) is 29.5 Å². The van der Waals surface area contributed by atoms with Gasteiger partial charge in [-0.2, -0.15) is 5.10 Å². The summed E-state index contributed by atoms with van der Waals surface area (Å²) < 4.78 is 2.69. The molecule has 2 heterocycles. The molecule has 0 aliphatic carbocycles. The smallest absolute Gasteiger partial charge is 0.274 e. The Morgan fingerprint density at radius 3 is 3.05 bits per heavy atom. The van der Waals surface area contributed by atoms with Crippen molar-refractivity contribution in [3.8, 4) is 5.69 Å². The van der Waals surface area contributed by atoms with Crippen molar-refractivity contribution in [3.05, 3.63) is 46.7 Å². The lowest BCUT2D eigenvalue weighted by molar-refractivity contribution is 0.0735. The van der Waals surface area contributed by atoms with Gasteiger partial charge in [-0.1, -0.05) is 22.0 Å². The van der Waals surface area contributed by atoms with Gasteiger partial charge in [-0.05, 0) is 37.1 Å². The average Bonchev–Trinajstić information content (AvgIpc) is 3.15. The molecular formula is C15H17BrN4O. The number of carbonyl (C=O) groups is 1. The molecule has 0 radical (unpaired) electrons. The van der Waals surface area contributed by atoms with E-state index >= 15 is 0 Å². The Morgan fingerprint density at radius 1 is 1.43 bits per heavy atom. The zero-order valence-corrected chi connectivity index (χ0v) is 13.2. The second kappa shape index (κ2) is 5.99. The molecule has 1 saturated heterocycles. The van der Waals surface area contributed by atoms with Crippen LogP contribution in [-0.4, -0.2) is 39.7 Å². The minimum atomic E-state index is -0.0308. The van der Waals surface area contributed by atoms with Crippen LogP contribution in [0.3, 0.4) is 0 Å². The maximum Gasteiger partial charge on any atom is 0.274 e. The number of likely N-dealkylation sites (tertiary alicyclic amines) is 1. The van der Waals surface area contributed by atoms with E-state index in [9.17, 15) is 4.79 Å². The van der Waals surface area contributed by atoms with Gasteiger partial charge in [0.15, 0.2) is 5.69 Å². The Morgan fingerprint density at radius 2 is 2.29 bits per heavy atom.